The maximum atomic E-state index is 9.46. The predicted octanol–water partition coefficient (Wildman–Crippen LogP) is 3.01. The van der Waals surface area contributed by atoms with E-state index in [0.717, 1.165) is 19.3 Å². The minimum absolute atomic E-state index is 0.143. The molecule has 1 nitrogen and oxygen atoms in total. The molecule has 1 unspecified atom stereocenters. The summed E-state index contributed by atoms with van der Waals surface area (Å²) in [7, 11) is 0. The van der Waals surface area contributed by atoms with E-state index in [-0.39, 0.29) is 6.10 Å². The summed E-state index contributed by atoms with van der Waals surface area (Å²) in [5.41, 5.74) is 4.01. The summed E-state index contributed by atoms with van der Waals surface area (Å²) in [5, 5.41) is 9.46. The highest BCUT2D eigenvalue weighted by Gasteiger charge is 2.03. The smallest absolute Gasteiger partial charge is 0.0540 e. The Morgan fingerprint density at radius 3 is 2.57 bits per heavy atom. The maximum Gasteiger partial charge on any atom is 0.0540 e. The molecule has 0 aliphatic heterocycles. The molecule has 0 amide bonds. The zero-order valence-electron chi connectivity index (χ0n) is 9.38. The van der Waals surface area contributed by atoms with E-state index in [2.05, 4.69) is 32.0 Å². The first-order valence-electron chi connectivity index (χ1n) is 5.37. The third-order valence-corrected chi connectivity index (χ3v) is 2.72. The minimum atomic E-state index is -0.143. The summed E-state index contributed by atoms with van der Waals surface area (Å²) >= 11 is 0. The molecule has 0 bridgehead atoms. The highest BCUT2D eigenvalue weighted by molar-refractivity contribution is 5.30. The normalized spacial score (nSPS) is 12.9. The Hall–Kier alpha value is -0.820. The molecule has 0 saturated carbocycles. The van der Waals surface area contributed by atoms with Crippen LogP contribution >= 0.6 is 0 Å². The molecule has 0 aromatic heterocycles. The van der Waals surface area contributed by atoms with Crippen molar-refractivity contribution in [3.8, 4) is 0 Å². The lowest BCUT2D eigenvalue weighted by atomic mass is 9.99. The van der Waals surface area contributed by atoms with Crippen molar-refractivity contribution in [3.63, 3.8) is 0 Å². The van der Waals surface area contributed by atoms with Crippen molar-refractivity contribution in [3.05, 3.63) is 34.9 Å². The molecule has 0 aliphatic carbocycles. The van der Waals surface area contributed by atoms with Crippen LogP contribution in [0.1, 0.15) is 36.5 Å². The van der Waals surface area contributed by atoms with Crippen LogP contribution in [0.3, 0.4) is 0 Å². The molecular formula is C13H20O. The first-order chi connectivity index (χ1) is 6.63. The fourth-order valence-corrected chi connectivity index (χ4v) is 1.65. The van der Waals surface area contributed by atoms with E-state index in [9.17, 15) is 5.11 Å². The molecule has 1 aromatic carbocycles. The fourth-order valence-electron chi connectivity index (χ4n) is 1.65. The van der Waals surface area contributed by atoms with Gasteiger partial charge in [0.05, 0.1) is 6.10 Å². The zero-order valence-corrected chi connectivity index (χ0v) is 9.38. The van der Waals surface area contributed by atoms with Gasteiger partial charge in [-0.25, -0.2) is 0 Å². The van der Waals surface area contributed by atoms with Crippen LogP contribution < -0.4 is 0 Å². The molecule has 14 heavy (non-hydrogen) atoms. The molecule has 0 fully saturated rings. The monoisotopic (exact) mass is 192 g/mol. The Morgan fingerprint density at radius 2 is 2.00 bits per heavy atom. The van der Waals surface area contributed by atoms with E-state index in [1.807, 2.05) is 6.92 Å². The lowest BCUT2D eigenvalue weighted by molar-refractivity contribution is 0.160. The second-order valence-corrected chi connectivity index (χ2v) is 4.03. The molecule has 0 saturated heterocycles. The van der Waals surface area contributed by atoms with E-state index in [1.54, 1.807) is 0 Å². The number of aliphatic hydroxyl groups is 1. The average Bonchev–Trinajstić information content (AvgIpc) is 2.16. The molecule has 1 atom stereocenters. The number of aliphatic hydroxyl groups excluding tert-OH is 1. The van der Waals surface area contributed by atoms with Crippen LogP contribution in [-0.4, -0.2) is 11.2 Å². The van der Waals surface area contributed by atoms with E-state index in [0.29, 0.717) is 0 Å². The van der Waals surface area contributed by atoms with Crippen molar-refractivity contribution in [1.82, 2.24) is 0 Å². The summed E-state index contributed by atoms with van der Waals surface area (Å²) in [6.07, 6.45) is 2.57. The SMILES string of the molecule is CCC(O)CCc1ccc(C)cc1C. The predicted molar refractivity (Wildman–Crippen MR) is 60.5 cm³/mol. The van der Waals surface area contributed by atoms with Gasteiger partial charge in [-0.05, 0) is 44.2 Å². The first-order valence-corrected chi connectivity index (χ1v) is 5.37. The van der Waals surface area contributed by atoms with Gasteiger partial charge in [-0.15, -0.1) is 0 Å². The van der Waals surface area contributed by atoms with Crippen LogP contribution in [-0.2, 0) is 6.42 Å². The summed E-state index contributed by atoms with van der Waals surface area (Å²) in [6.45, 7) is 6.27. The van der Waals surface area contributed by atoms with Crippen LogP contribution in [0.2, 0.25) is 0 Å². The van der Waals surface area contributed by atoms with Crippen molar-refractivity contribution in [1.29, 1.82) is 0 Å². The summed E-state index contributed by atoms with van der Waals surface area (Å²) < 4.78 is 0. The van der Waals surface area contributed by atoms with E-state index >= 15 is 0 Å². The molecule has 1 rings (SSSR count). The van der Waals surface area contributed by atoms with Crippen LogP contribution in [0.15, 0.2) is 18.2 Å². The van der Waals surface area contributed by atoms with Crippen molar-refractivity contribution >= 4 is 0 Å². The van der Waals surface area contributed by atoms with Gasteiger partial charge in [-0.2, -0.15) is 0 Å². The van der Waals surface area contributed by atoms with E-state index in [1.165, 1.54) is 16.7 Å². The molecule has 1 heteroatoms. The number of hydrogen-bond acceptors (Lipinski definition) is 1. The Labute approximate surface area is 86.8 Å². The van der Waals surface area contributed by atoms with Gasteiger partial charge >= 0.3 is 0 Å². The van der Waals surface area contributed by atoms with Gasteiger partial charge in [0.1, 0.15) is 0 Å². The van der Waals surface area contributed by atoms with Crippen molar-refractivity contribution in [2.45, 2.75) is 46.1 Å². The summed E-state index contributed by atoms with van der Waals surface area (Å²) in [4.78, 5) is 0. The molecule has 1 N–H and O–H groups in total. The van der Waals surface area contributed by atoms with Crippen LogP contribution in [0.4, 0.5) is 0 Å². The zero-order chi connectivity index (χ0) is 10.6. The molecule has 0 spiro atoms. The average molecular weight is 192 g/mol. The number of benzene rings is 1. The lowest BCUT2D eigenvalue weighted by Gasteiger charge is -2.09. The van der Waals surface area contributed by atoms with Crippen LogP contribution in [0.5, 0.6) is 0 Å². The van der Waals surface area contributed by atoms with Crippen molar-refractivity contribution in [2.24, 2.45) is 0 Å². The molecule has 1 aromatic rings. The standard InChI is InChI=1S/C13H20O/c1-4-13(14)8-7-12-6-5-10(2)9-11(12)3/h5-6,9,13-14H,4,7-8H2,1-3H3. The molecule has 78 valence electrons. The lowest BCUT2D eigenvalue weighted by Crippen LogP contribution is -2.06. The summed E-state index contributed by atoms with van der Waals surface area (Å²) in [6, 6.07) is 6.52. The third-order valence-electron chi connectivity index (χ3n) is 2.72. The largest absolute Gasteiger partial charge is 0.393 e. The molecule has 0 aliphatic rings. The fraction of sp³-hybridized carbons (Fsp3) is 0.538. The second-order valence-electron chi connectivity index (χ2n) is 4.03. The van der Waals surface area contributed by atoms with E-state index in [4.69, 9.17) is 0 Å². The van der Waals surface area contributed by atoms with Crippen LogP contribution in [0, 0.1) is 13.8 Å². The molecule has 0 radical (unpaired) electrons. The highest BCUT2D eigenvalue weighted by Crippen LogP contribution is 2.13. The van der Waals surface area contributed by atoms with E-state index < -0.39 is 0 Å². The Balaban J connectivity index is 2.59. The Morgan fingerprint density at radius 1 is 1.29 bits per heavy atom. The number of rotatable bonds is 4. The molecular weight excluding hydrogens is 172 g/mol. The number of aryl methyl sites for hydroxylation is 3. The highest BCUT2D eigenvalue weighted by atomic mass is 16.3. The topological polar surface area (TPSA) is 20.2 Å². The summed E-state index contributed by atoms with van der Waals surface area (Å²) in [5.74, 6) is 0. The van der Waals surface area contributed by atoms with Crippen molar-refractivity contribution in [2.75, 3.05) is 0 Å². The van der Waals surface area contributed by atoms with Gasteiger partial charge in [0.25, 0.3) is 0 Å². The van der Waals surface area contributed by atoms with Gasteiger partial charge in [0.15, 0.2) is 0 Å². The Bertz CT molecular complexity index is 291. The van der Waals surface area contributed by atoms with Crippen LogP contribution in [0.25, 0.3) is 0 Å². The first kappa shape index (κ1) is 11.3. The van der Waals surface area contributed by atoms with Gasteiger partial charge < -0.3 is 5.11 Å². The van der Waals surface area contributed by atoms with Gasteiger partial charge in [0, 0.05) is 0 Å². The molecule has 0 heterocycles. The maximum absolute atomic E-state index is 9.46. The van der Waals surface area contributed by atoms with Gasteiger partial charge in [-0.1, -0.05) is 30.7 Å². The van der Waals surface area contributed by atoms with Gasteiger partial charge in [-0.3, -0.25) is 0 Å². The quantitative estimate of drug-likeness (QED) is 0.777. The minimum Gasteiger partial charge on any atom is -0.393 e. The second kappa shape index (κ2) is 5.16. The Kier molecular flexibility index (Phi) is 4.15. The van der Waals surface area contributed by atoms with Gasteiger partial charge in [0.2, 0.25) is 0 Å². The van der Waals surface area contributed by atoms with Crippen molar-refractivity contribution < 1.29 is 5.11 Å². The number of hydrogen-bond donors (Lipinski definition) is 1. The third kappa shape index (κ3) is 3.15.